The Morgan fingerprint density at radius 2 is 1.16 bits per heavy atom. The molecule has 0 aliphatic carbocycles. The molecule has 278 valence electrons. The summed E-state index contributed by atoms with van der Waals surface area (Å²) in [5.41, 5.74) is 16.2. The zero-order chi connectivity index (χ0) is 38.2. The molecule has 10 nitrogen and oxygen atoms in total. The van der Waals surface area contributed by atoms with Crippen LogP contribution in [0.1, 0.15) is 51.3 Å². The van der Waals surface area contributed by atoms with Crippen molar-refractivity contribution in [3.8, 4) is 0 Å². The van der Waals surface area contributed by atoms with Crippen LogP contribution in [0, 0.1) is 0 Å². The van der Waals surface area contributed by atoms with E-state index in [0.717, 1.165) is 16.7 Å². The van der Waals surface area contributed by atoms with Crippen LogP contribution in [-0.4, -0.2) is 65.5 Å². The van der Waals surface area contributed by atoms with Crippen LogP contribution < -0.4 is 11.5 Å². The number of Topliss-reactive ketones (excluding diaryl/α,β-unsaturated/α-hetero) is 1. The van der Waals surface area contributed by atoms with Gasteiger partial charge in [-0.15, -0.1) is 0 Å². The van der Waals surface area contributed by atoms with Crippen LogP contribution in [0.4, 0.5) is 0 Å². The Labute approximate surface area is 320 Å². The summed E-state index contributed by atoms with van der Waals surface area (Å²) in [4.78, 5) is 34.1. The Morgan fingerprint density at radius 1 is 0.709 bits per heavy atom. The highest BCUT2D eigenvalue weighted by molar-refractivity contribution is 6.13. The second-order valence-electron chi connectivity index (χ2n) is 14.2. The fourth-order valence-electron chi connectivity index (χ4n) is 7.86. The van der Waals surface area contributed by atoms with Crippen molar-refractivity contribution in [2.45, 2.75) is 55.8 Å². The minimum absolute atomic E-state index is 0.0147. The number of nitrogens with two attached hydrogens (primary N) is 2. The van der Waals surface area contributed by atoms with Gasteiger partial charge in [-0.1, -0.05) is 140 Å². The highest BCUT2D eigenvalue weighted by Crippen LogP contribution is 2.46. The largest absolute Gasteiger partial charge is 0.369 e. The van der Waals surface area contributed by atoms with Gasteiger partial charge in [0.25, 0.3) is 5.91 Å². The summed E-state index contributed by atoms with van der Waals surface area (Å²) in [6.45, 7) is 3.71. The molecule has 55 heavy (non-hydrogen) atoms. The van der Waals surface area contributed by atoms with Crippen molar-refractivity contribution in [1.29, 1.82) is 0 Å². The van der Waals surface area contributed by atoms with Crippen LogP contribution in [0.15, 0.2) is 168 Å². The molecule has 5 atom stereocenters. The third-order valence-corrected chi connectivity index (χ3v) is 10.3. The number of carbonyl (C=O) groups is 2. The third kappa shape index (κ3) is 6.69. The number of nitrogens with zero attached hydrogens (tertiary/aromatic N) is 2. The van der Waals surface area contributed by atoms with Crippen molar-refractivity contribution in [3.05, 3.63) is 191 Å². The van der Waals surface area contributed by atoms with Crippen molar-refractivity contribution >= 4 is 17.6 Å². The Hall–Kier alpha value is -5.75. The van der Waals surface area contributed by atoms with Crippen molar-refractivity contribution in [2.24, 2.45) is 16.5 Å². The van der Waals surface area contributed by atoms with Crippen LogP contribution in [0.2, 0.25) is 0 Å². The van der Waals surface area contributed by atoms with Crippen molar-refractivity contribution < 1.29 is 28.5 Å². The molecule has 1 unspecified atom stereocenters. The van der Waals surface area contributed by atoms with Gasteiger partial charge in [-0.05, 0) is 42.7 Å². The number of benzene rings is 5. The molecule has 3 heterocycles. The summed E-state index contributed by atoms with van der Waals surface area (Å²) in [6.07, 6.45) is -4.30. The lowest BCUT2D eigenvalue weighted by atomic mass is 9.80. The fraction of sp³-hybridized carbons (Fsp3) is 0.222. The number of hydrogen-bond donors (Lipinski definition) is 2. The Morgan fingerprint density at radius 3 is 1.67 bits per heavy atom. The number of ketones is 1. The first-order valence-corrected chi connectivity index (χ1v) is 18.3. The van der Waals surface area contributed by atoms with Crippen LogP contribution in [-0.2, 0) is 24.5 Å². The van der Waals surface area contributed by atoms with E-state index in [2.05, 4.69) is 4.99 Å². The number of allylic oxidation sites excluding steroid dienone is 1. The van der Waals surface area contributed by atoms with E-state index >= 15 is 0 Å². The predicted octanol–water partition coefficient (Wildman–Crippen LogP) is 6.18. The number of rotatable bonds is 10. The summed E-state index contributed by atoms with van der Waals surface area (Å²) in [7, 11) is 0. The van der Waals surface area contributed by atoms with Crippen molar-refractivity contribution in [2.75, 3.05) is 6.61 Å². The molecule has 1 amide bonds. The minimum Gasteiger partial charge on any atom is -0.369 e. The van der Waals surface area contributed by atoms with Crippen LogP contribution in [0.25, 0.3) is 0 Å². The third-order valence-electron chi connectivity index (χ3n) is 10.3. The zero-order valence-corrected chi connectivity index (χ0v) is 30.5. The maximum Gasteiger partial charge on any atom is 0.262 e. The molecule has 2 fully saturated rings. The van der Waals surface area contributed by atoms with E-state index in [1.165, 1.54) is 4.90 Å². The van der Waals surface area contributed by atoms with Gasteiger partial charge in [0.15, 0.2) is 5.79 Å². The predicted molar refractivity (Wildman–Crippen MR) is 208 cm³/mol. The molecule has 5 aromatic rings. The average Bonchev–Trinajstić information content (AvgIpc) is 3.71. The first-order chi connectivity index (χ1) is 26.7. The quantitative estimate of drug-likeness (QED) is 0.128. The SMILES string of the molecule is CC1(C)O[C@@H]2[C@H](O1)[C@@H](COC(c1ccccc1)(c1ccccc1)c1ccccc1)O[C@H]2C1=C(C(=O)c2ccccc2)N=C(N)N(C(=O)c2ccccc2)C1N. The van der Waals surface area contributed by atoms with Gasteiger partial charge in [0.1, 0.15) is 41.9 Å². The average molecular weight is 735 g/mol. The number of hydrogen-bond acceptors (Lipinski definition) is 9. The molecule has 4 N–H and O–H groups in total. The van der Waals surface area contributed by atoms with Gasteiger partial charge in [0.2, 0.25) is 11.7 Å². The summed E-state index contributed by atoms with van der Waals surface area (Å²) in [5.74, 6) is -2.12. The van der Waals surface area contributed by atoms with E-state index in [1.54, 1.807) is 48.5 Å². The molecule has 3 aliphatic rings. The van der Waals surface area contributed by atoms with Crippen LogP contribution >= 0.6 is 0 Å². The number of fused-ring (bicyclic) bond motifs is 1. The highest BCUT2D eigenvalue weighted by Gasteiger charge is 2.59. The zero-order valence-electron chi connectivity index (χ0n) is 30.5. The minimum atomic E-state index is -1.23. The second-order valence-corrected chi connectivity index (χ2v) is 14.2. The van der Waals surface area contributed by atoms with E-state index in [4.69, 9.17) is 30.4 Å². The standard InChI is InChI=1S/C45H42N4O6/c1-44(2)54-38-34(28-52-45(31-22-12-5-13-23-31,32-24-14-6-15-25-32)33-26-16-7-17-27-33)53-39(40(38)55-44)35-36(37(50)29-18-8-3-9-19-29)48-43(47)49(41(35)46)42(51)30-20-10-4-11-21-30/h3-27,34,38-41H,28,46H2,1-2H3,(H2,47,48)/t34-,38-,39+,40-,41?/m1/s1. The molecular weight excluding hydrogens is 693 g/mol. The topological polar surface area (TPSA) is 139 Å². The molecule has 5 aromatic carbocycles. The fourth-order valence-corrected chi connectivity index (χ4v) is 7.86. The van der Waals surface area contributed by atoms with E-state index < -0.39 is 53.7 Å². The second kappa shape index (κ2) is 14.8. The van der Waals surface area contributed by atoms with Gasteiger partial charge in [0.05, 0.1) is 6.61 Å². The lowest BCUT2D eigenvalue weighted by Gasteiger charge is -2.38. The molecular formula is C45H42N4O6. The summed E-state index contributed by atoms with van der Waals surface area (Å²) >= 11 is 0. The van der Waals surface area contributed by atoms with Gasteiger partial charge < -0.3 is 30.4 Å². The maximum atomic E-state index is 14.3. The first-order valence-electron chi connectivity index (χ1n) is 18.3. The van der Waals surface area contributed by atoms with Gasteiger partial charge in [-0.2, -0.15) is 0 Å². The Bertz CT molecular complexity index is 2120. The molecule has 0 aromatic heterocycles. The lowest BCUT2D eigenvalue weighted by molar-refractivity contribution is -0.192. The molecule has 8 rings (SSSR count). The smallest absolute Gasteiger partial charge is 0.262 e. The summed E-state index contributed by atoms with van der Waals surface area (Å²) in [6, 6.07) is 47.5. The number of guanidine groups is 1. The molecule has 0 bridgehead atoms. The molecule has 0 radical (unpaired) electrons. The van der Waals surface area contributed by atoms with Gasteiger partial charge >= 0.3 is 0 Å². The highest BCUT2D eigenvalue weighted by atomic mass is 16.8. The van der Waals surface area contributed by atoms with E-state index in [1.807, 2.05) is 117 Å². The maximum absolute atomic E-state index is 14.3. The van der Waals surface area contributed by atoms with E-state index in [9.17, 15) is 9.59 Å². The lowest BCUT2D eigenvalue weighted by Crippen LogP contribution is -2.58. The Balaban J connectivity index is 1.22. The normalized spacial score (nSPS) is 23.3. The monoisotopic (exact) mass is 734 g/mol. The van der Waals surface area contributed by atoms with Crippen LogP contribution in [0.5, 0.6) is 0 Å². The van der Waals surface area contributed by atoms with Crippen molar-refractivity contribution in [3.63, 3.8) is 0 Å². The Kier molecular flexibility index (Phi) is 9.77. The van der Waals surface area contributed by atoms with E-state index in [0.29, 0.717) is 11.1 Å². The molecule has 2 saturated heterocycles. The number of amides is 1. The summed E-state index contributed by atoms with van der Waals surface area (Å²) in [5, 5.41) is 0. The number of aliphatic imine (C=N–C) groups is 1. The van der Waals surface area contributed by atoms with Crippen LogP contribution in [0.3, 0.4) is 0 Å². The van der Waals surface area contributed by atoms with Gasteiger partial charge in [0, 0.05) is 16.7 Å². The molecule has 10 heteroatoms. The van der Waals surface area contributed by atoms with E-state index in [-0.39, 0.29) is 23.8 Å². The first kappa shape index (κ1) is 36.2. The van der Waals surface area contributed by atoms with Gasteiger partial charge in [-0.3, -0.25) is 14.5 Å². The molecule has 0 spiro atoms. The number of ether oxygens (including phenoxy) is 4. The van der Waals surface area contributed by atoms with Crippen molar-refractivity contribution in [1.82, 2.24) is 4.90 Å². The molecule has 0 saturated carbocycles. The molecule has 3 aliphatic heterocycles. The van der Waals surface area contributed by atoms with Gasteiger partial charge in [-0.25, -0.2) is 4.99 Å². The number of carbonyl (C=O) groups excluding carboxylic acids is 2. The summed E-state index contributed by atoms with van der Waals surface area (Å²) < 4.78 is 27.2.